The maximum atomic E-state index is 11.7. The number of aryl methyl sites for hydroxylation is 1. The molecule has 0 fully saturated rings. The molecule has 0 bridgehead atoms. The molecule has 1 aromatic heterocycles. The van der Waals surface area contributed by atoms with E-state index in [4.69, 9.17) is 5.73 Å². The second-order valence-corrected chi connectivity index (χ2v) is 3.92. The third-order valence-electron chi connectivity index (χ3n) is 2.46. The molecule has 1 aromatic carbocycles. The quantitative estimate of drug-likeness (QED) is 0.775. The number of nitrogen functional groups attached to an aromatic ring is 1. The van der Waals surface area contributed by atoms with Crippen LogP contribution in [0, 0.1) is 6.92 Å². The second kappa shape index (κ2) is 4.23. The number of benzene rings is 1. The standard InChI is InChI=1S/C13H14N2O/c1-10-5-6-15(13(16)7-10)9-11-3-2-4-12(14)8-11/h2-8H,9,14H2,1H3. The van der Waals surface area contributed by atoms with Gasteiger partial charge in [-0.3, -0.25) is 4.79 Å². The lowest BCUT2D eigenvalue weighted by Gasteiger charge is -2.06. The molecule has 3 heteroatoms. The molecule has 2 rings (SSSR count). The Morgan fingerprint density at radius 1 is 1.25 bits per heavy atom. The Bertz CT molecular complexity index is 558. The first-order chi connectivity index (χ1) is 7.65. The first-order valence-corrected chi connectivity index (χ1v) is 5.17. The van der Waals surface area contributed by atoms with Crippen LogP contribution in [-0.2, 0) is 6.54 Å². The summed E-state index contributed by atoms with van der Waals surface area (Å²) in [7, 11) is 0. The molecule has 2 aromatic rings. The van der Waals surface area contributed by atoms with Crippen molar-refractivity contribution in [1.82, 2.24) is 4.57 Å². The van der Waals surface area contributed by atoms with Crippen LogP contribution in [0.4, 0.5) is 5.69 Å². The van der Waals surface area contributed by atoms with E-state index in [1.165, 1.54) is 0 Å². The van der Waals surface area contributed by atoms with Crippen molar-refractivity contribution in [1.29, 1.82) is 0 Å². The average Bonchev–Trinajstić information content (AvgIpc) is 2.22. The van der Waals surface area contributed by atoms with Crippen molar-refractivity contribution in [3.05, 3.63) is 64.1 Å². The Morgan fingerprint density at radius 3 is 2.75 bits per heavy atom. The fraction of sp³-hybridized carbons (Fsp3) is 0.154. The highest BCUT2D eigenvalue weighted by atomic mass is 16.1. The van der Waals surface area contributed by atoms with Crippen LogP contribution in [-0.4, -0.2) is 4.57 Å². The van der Waals surface area contributed by atoms with Gasteiger partial charge in [0.2, 0.25) is 0 Å². The molecule has 2 N–H and O–H groups in total. The smallest absolute Gasteiger partial charge is 0.251 e. The Morgan fingerprint density at radius 2 is 2.06 bits per heavy atom. The van der Waals surface area contributed by atoms with E-state index in [2.05, 4.69) is 0 Å². The molecule has 0 atom stereocenters. The van der Waals surface area contributed by atoms with Gasteiger partial charge in [-0.25, -0.2) is 0 Å². The number of hydrogen-bond donors (Lipinski definition) is 1. The van der Waals surface area contributed by atoms with Crippen molar-refractivity contribution in [2.45, 2.75) is 13.5 Å². The minimum absolute atomic E-state index is 0.0161. The first kappa shape index (κ1) is 10.5. The molecule has 0 aliphatic heterocycles. The molecule has 0 saturated heterocycles. The van der Waals surface area contributed by atoms with Crippen LogP contribution in [0.2, 0.25) is 0 Å². The topological polar surface area (TPSA) is 48.0 Å². The zero-order valence-electron chi connectivity index (χ0n) is 9.18. The summed E-state index contributed by atoms with van der Waals surface area (Å²) in [6, 6.07) is 11.1. The van der Waals surface area contributed by atoms with E-state index in [9.17, 15) is 4.79 Å². The molecule has 0 saturated carbocycles. The van der Waals surface area contributed by atoms with E-state index in [0.717, 1.165) is 16.8 Å². The molecule has 0 aliphatic rings. The predicted octanol–water partition coefficient (Wildman–Crippen LogP) is 1.79. The number of aromatic nitrogens is 1. The first-order valence-electron chi connectivity index (χ1n) is 5.17. The monoisotopic (exact) mass is 214 g/mol. The highest BCUT2D eigenvalue weighted by Gasteiger charge is 1.98. The maximum Gasteiger partial charge on any atom is 0.251 e. The minimum atomic E-state index is 0.0161. The van der Waals surface area contributed by atoms with Gasteiger partial charge in [-0.2, -0.15) is 0 Å². The van der Waals surface area contributed by atoms with Crippen molar-refractivity contribution in [3.63, 3.8) is 0 Å². The number of pyridine rings is 1. The normalized spacial score (nSPS) is 10.3. The fourth-order valence-electron chi connectivity index (χ4n) is 1.63. The molecule has 0 radical (unpaired) electrons. The van der Waals surface area contributed by atoms with Crippen molar-refractivity contribution in [2.75, 3.05) is 5.73 Å². The summed E-state index contributed by atoms with van der Waals surface area (Å²) in [4.78, 5) is 11.7. The summed E-state index contributed by atoms with van der Waals surface area (Å²) < 4.78 is 1.67. The third kappa shape index (κ3) is 2.31. The molecule has 82 valence electrons. The summed E-state index contributed by atoms with van der Waals surface area (Å²) in [5, 5.41) is 0. The van der Waals surface area contributed by atoms with E-state index in [-0.39, 0.29) is 5.56 Å². The number of nitrogens with zero attached hydrogens (tertiary/aromatic N) is 1. The molecule has 0 aliphatic carbocycles. The molecule has 0 spiro atoms. The van der Waals surface area contributed by atoms with Gasteiger partial charge in [0.25, 0.3) is 5.56 Å². The van der Waals surface area contributed by atoms with Gasteiger partial charge in [-0.05, 0) is 36.2 Å². The van der Waals surface area contributed by atoms with Gasteiger partial charge in [0, 0.05) is 18.0 Å². The van der Waals surface area contributed by atoms with Crippen molar-refractivity contribution in [3.8, 4) is 0 Å². The van der Waals surface area contributed by atoms with E-state index in [1.54, 1.807) is 16.8 Å². The average molecular weight is 214 g/mol. The zero-order valence-corrected chi connectivity index (χ0v) is 9.18. The molecule has 0 unspecified atom stereocenters. The van der Waals surface area contributed by atoms with E-state index in [0.29, 0.717) is 6.54 Å². The van der Waals surface area contributed by atoms with Crippen LogP contribution < -0.4 is 11.3 Å². The van der Waals surface area contributed by atoms with Crippen LogP contribution in [0.1, 0.15) is 11.1 Å². The van der Waals surface area contributed by atoms with Gasteiger partial charge in [-0.15, -0.1) is 0 Å². The fourth-order valence-corrected chi connectivity index (χ4v) is 1.63. The molecule has 3 nitrogen and oxygen atoms in total. The lowest BCUT2D eigenvalue weighted by molar-refractivity contribution is 0.757. The Hall–Kier alpha value is -2.03. The summed E-state index contributed by atoms with van der Waals surface area (Å²) >= 11 is 0. The highest BCUT2D eigenvalue weighted by molar-refractivity contribution is 5.40. The number of nitrogens with two attached hydrogens (primary N) is 1. The largest absolute Gasteiger partial charge is 0.399 e. The summed E-state index contributed by atoms with van der Waals surface area (Å²) in [5.74, 6) is 0. The zero-order chi connectivity index (χ0) is 11.5. The van der Waals surface area contributed by atoms with Gasteiger partial charge in [-0.1, -0.05) is 12.1 Å². The maximum absolute atomic E-state index is 11.7. The van der Waals surface area contributed by atoms with E-state index in [1.807, 2.05) is 37.3 Å². The Kier molecular flexibility index (Phi) is 2.77. The number of anilines is 1. The van der Waals surface area contributed by atoms with Gasteiger partial charge in [0.1, 0.15) is 0 Å². The van der Waals surface area contributed by atoms with E-state index < -0.39 is 0 Å². The van der Waals surface area contributed by atoms with Crippen LogP contribution in [0.3, 0.4) is 0 Å². The molecular formula is C13H14N2O. The number of rotatable bonds is 2. The lowest BCUT2D eigenvalue weighted by Crippen LogP contribution is -2.19. The predicted molar refractivity (Wildman–Crippen MR) is 65.4 cm³/mol. The Labute approximate surface area is 94.1 Å². The number of hydrogen-bond acceptors (Lipinski definition) is 2. The highest BCUT2D eigenvalue weighted by Crippen LogP contribution is 2.07. The molecule has 1 heterocycles. The van der Waals surface area contributed by atoms with Crippen LogP contribution in [0.15, 0.2) is 47.4 Å². The van der Waals surface area contributed by atoms with Gasteiger partial charge < -0.3 is 10.3 Å². The van der Waals surface area contributed by atoms with Crippen molar-refractivity contribution >= 4 is 5.69 Å². The summed E-state index contributed by atoms with van der Waals surface area (Å²) in [6.45, 7) is 2.47. The minimum Gasteiger partial charge on any atom is -0.399 e. The summed E-state index contributed by atoms with van der Waals surface area (Å²) in [6.07, 6.45) is 1.81. The SMILES string of the molecule is Cc1ccn(Cc2cccc(N)c2)c(=O)c1. The van der Waals surface area contributed by atoms with Crippen LogP contribution in [0.25, 0.3) is 0 Å². The van der Waals surface area contributed by atoms with Gasteiger partial charge >= 0.3 is 0 Å². The van der Waals surface area contributed by atoms with E-state index >= 15 is 0 Å². The molecule has 0 amide bonds. The third-order valence-corrected chi connectivity index (χ3v) is 2.46. The lowest BCUT2D eigenvalue weighted by atomic mass is 10.2. The van der Waals surface area contributed by atoms with Gasteiger partial charge in [0.15, 0.2) is 0 Å². The molecule has 16 heavy (non-hydrogen) atoms. The second-order valence-electron chi connectivity index (χ2n) is 3.92. The van der Waals surface area contributed by atoms with Crippen LogP contribution >= 0.6 is 0 Å². The van der Waals surface area contributed by atoms with Crippen LogP contribution in [0.5, 0.6) is 0 Å². The summed E-state index contributed by atoms with van der Waals surface area (Å²) in [5.41, 5.74) is 8.44. The van der Waals surface area contributed by atoms with Crippen molar-refractivity contribution < 1.29 is 0 Å². The Balaban J connectivity index is 2.31. The van der Waals surface area contributed by atoms with Crippen molar-refractivity contribution in [2.24, 2.45) is 0 Å². The van der Waals surface area contributed by atoms with Gasteiger partial charge in [0.05, 0.1) is 6.54 Å². The molecular weight excluding hydrogens is 200 g/mol.